The molecule has 0 aromatic carbocycles. The maximum atomic E-state index is 11.8. The number of rotatable bonds is 6. The first-order valence-corrected chi connectivity index (χ1v) is 5.73. The summed E-state index contributed by atoms with van der Waals surface area (Å²) in [6, 6.07) is 1.13. The SMILES string of the molecule is Cn1ccc(C(=O)N[C@@H](CCC(=O)O)C(=O)O)cc1=O. The van der Waals surface area contributed by atoms with Crippen molar-refractivity contribution in [2.75, 3.05) is 0 Å². The number of aromatic nitrogens is 1. The third kappa shape index (κ3) is 4.23. The van der Waals surface area contributed by atoms with Crippen molar-refractivity contribution < 1.29 is 24.6 Å². The Kier molecular flexibility index (Phi) is 5.01. The molecule has 3 N–H and O–H groups in total. The molecule has 1 heterocycles. The van der Waals surface area contributed by atoms with Gasteiger partial charge >= 0.3 is 11.9 Å². The van der Waals surface area contributed by atoms with E-state index in [9.17, 15) is 19.2 Å². The normalized spacial score (nSPS) is 11.7. The lowest BCUT2D eigenvalue weighted by atomic mass is 10.1. The van der Waals surface area contributed by atoms with E-state index in [0.717, 1.165) is 6.07 Å². The standard InChI is InChI=1S/C12H14N2O6/c1-14-5-4-7(6-9(14)15)11(18)13-8(12(19)20)2-3-10(16)17/h4-6,8H,2-3H2,1H3,(H,13,18)(H,16,17)(H,19,20)/t8-/m0/s1. The van der Waals surface area contributed by atoms with Crippen molar-refractivity contribution in [1.29, 1.82) is 0 Å². The predicted molar refractivity (Wildman–Crippen MR) is 67.4 cm³/mol. The number of nitrogens with zero attached hydrogens (tertiary/aromatic N) is 1. The summed E-state index contributed by atoms with van der Waals surface area (Å²) in [4.78, 5) is 44.5. The first-order chi connectivity index (χ1) is 9.31. The van der Waals surface area contributed by atoms with Gasteiger partial charge in [0, 0.05) is 31.3 Å². The van der Waals surface area contributed by atoms with E-state index in [1.54, 1.807) is 0 Å². The molecule has 8 nitrogen and oxygen atoms in total. The molecule has 1 atom stereocenters. The van der Waals surface area contributed by atoms with Gasteiger partial charge in [0.05, 0.1) is 0 Å². The number of aryl methyl sites for hydroxylation is 1. The second-order valence-electron chi connectivity index (χ2n) is 4.16. The number of carboxylic acids is 2. The van der Waals surface area contributed by atoms with Crippen molar-refractivity contribution >= 4 is 17.8 Å². The van der Waals surface area contributed by atoms with Crippen molar-refractivity contribution in [1.82, 2.24) is 9.88 Å². The summed E-state index contributed by atoms with van der Waals surface area (Å²) in [6.45, 7) is 0. The van der Waals surface area contributed by atoms with Crippen LogP contribution in [0.15, 0.2) is 23.1 Å². The van der Waals surface area contributed by atoms with Crippen molar-refractivity contribution in [3.8, 4) is 0 Å². The van der Waals surface area contributed by atoms with Gasteiger partial charge in [-0.1, -0.05) is 0 Å². The fraction of sp³-hybridized carbons (Fsp3) is 0.333. The Hall–Kier alpha value is -2.64. The molecule has 0 aliphatic carbocycles. The van der Waals surface area contributed by atoms with E-state index in [0.29, 0.717) is 0 Å². The van der Waals surface area contributed by atoms with E-state index >= 15 is 0 Å². The fourth-order valence-corrected chi connectivity index (χ4v) is 1.46. The van der Waals surface area contributed by atoms with Crippen LogP contribution in [0.25, 0.3) is 0 Å². The maximum absolute atomic E-state index is 11.8. The molecule has 108 valence electrons. The number of nitrogens with one attached hydrogen (secondary N) is 1. The molecule has 1 aromatic heterocycles. The Morgan fingerprint density at radius 3 is 2.50 bits per heavy atom. The Balaban J connectivity index is 2.79. The zero-order valence-electron chi connectivity index (χ0n) is 10.7. The largest absolute Gasteiger partial charge is 0.481 e. The average Bonchev–Trinajstić information content (AvgIpc) is 2.36. The molecule has 0 fully saturated rings. The summed E-state index contributed by atoms with van der Waals surface area (Å²) in [7, 11) is 1.51. The van der Waals surface area contributed by atoms with Gasteiger partial charge in [0.1, 0.15) is 6.04 Å². The van der Waals surface area contributed by atoms with Crippen LogP contribution in [-0.2, 0) is 16.6 Å². The van der Waals surface area contributed by atoms with E-state index in [2.05, 4.69) is 5.32 Å². The van der Waals surface area contributed by atoms with Crippen molar-refractivity contribution in [3.05, 3.63) is 34.2 Å². The molecule has 20 heavy (non-hydrogen) atoms. The van der Waals surface area contributed by atoms with Crippen LogP contribution < -0.4 is 10.9 Å². The lowest BCUT2D eigenvalue weighted by Gasteiger charge is -2.13. The lowest BCUT2D eigenvalue weighted by Crippen LogP contribution is -2.41. The second-order valence-corrected chi connectivity index (χ2v) is 4.16. The van der Waals surface area contributed by atoms with Crippen LogP contribution in [0.4, 0.5) is 0 Å². The molecule has 0 saturated carbocycles. The highest BCUT2D eigenvalue weighted by molar-refractivity contribution is 5.96. The van der Waals surface area contributed by atoms with Gasteiger partial charge in [-0.15, -0.1) is 0 Å². The van der Waals surface area contributed by atoms with E-state index in [-0.39, 0.29) is 18.4 Å². The summed E-state index contributed by atoms with van der Waals surface area (Å²) < 4.78 is 1.26. The molecule has 1 amide bonds. The van der Waals surface area contributed by atoms with Crippen LogP contribution in [0, 0.1) is 0 Å². The van der Waals surface area contributed by atoms with Crippen LogP contribution in [0.2, 0.25) is 0 Å². The Bertz CT molecular complexity index is 592. The molecule has 0 saturated heterocycles. The topological polar surface area (TPSA) is 126 Å². The monoisotopic (exact) mass is 282 g/mol. The molecular weight excluding hydrogens is 268 g/mol. The Morgan fingerprint density at radius 2 is 2.00 bits per heavy atom. The summed E-state index contributed by atoms with van der Waals surface area (Å²) in [5.74, 6) is -3.22. The van der Waals surface area contributed by atoms with E-state index in [1.807, 2.05) is 0 Å². The van der Waals surface area contributed by atoms with Gasteiger partial charge in [-0.05, 0) is 12.5 Å². The number of amides is 1. The molecule has 0 aliphatic heterocycles. The van der Waals surface area contributed by atoms with E-state index in [1.165, 1.54) is 23.9 Å². The summed E-state index contributed by atoms with van der Waals surface area (Å²) in [6.07, 6.45) is 0.763. The highest BCUT2D eigenvalue weighted by Gasteiger charge is 2.21. The number of pyridine rings is 1. The fourth-order valence-electron chi connectivity index (χ4n) is 1.46. The molecule has 0 unspecified atom stereocenters. The zero-order chi connectivity index (χ0) is 15.3. The predicted octanol–water partition coefficient (Wildman–Crippen LogP) is -0.567. The molecule has 0 radical (unpaired) electrons. The molecule has 8 heteroatoms. The second kappa shape index (κ2) is 6.50. The first kappa shape index (κ1) is 15.4. The van der Waals surface area contributed by atoms with Gasteiger partial charge in [0.15, 0.2) is 0 Å². The lowest BCUT2D eigenvalue weighted by molar-refractivity contribution is -0.140. The third-order valence-corrected chi connectivity index (χ3v) is 2.62. The molecule has 0 aliphatic rings. The minimum absolute atomic E-state index is 0.0228. The highest BCUT2D eigenvalue weighted by Crippen LogP contribution is 2.01. The van der Waals surface area contributed by atoms with Gasteiger partial charge in [0.2, 0.25) is 0 Å². The van der Waals surface area contributed by atoms with Gasteiger partial charge in [0.25, 0.3) is 11.5 Å². The highest BCUT2D eigenvalue weighted by atomic mass is 16.4. The van der Waals surface area contributed by atoms with E-state index in [4.69, 9.17) is 10.2 Å². The number of carboxylic acid groups (broad SMARTS) is 2. The van der Waals surface area contributed by atoms with Crippen LogP contribution in [0.3, 0.4) is 0 Å². The van der Waals surface area contributed by atoms with E-state index < -0.39 is 29.4 Å². The number of carbonyl (C=O) groups is 3. The summed E-state index contributed by atoms with van der Waals surface area (Å²) in [5, 5.41) is 19.6. The quantitative estimate of drug-likeness (QED) is 0.641. The van der Waals surface area contributed by atoms with Crippen molar-refractivity contribution in [3.63, 3.8) is 0 Å². The van der Waals surface area contributed by atoms with Gasteiger partial charge in [-0.2, -0.15) is 0 Å². The number of hydrogen-bond acceptors (Lipinski definition) is 4. The molecular formula is C12H14N2O6. The molecule has 1 rings (SSSR count). The van der Waals surface area contributed by atoms with Crippen molar-refractivity contribution in [2.24, 2.45) is 7.05 Å². The third-order valence-electron chi connectivity index (χ3n) is 2.62. The minimum atomic E-state index is -1.33. The number of aliphatic carboxylic acids is 2. The molecule has 1 aromatic rings. The Morgan fingerprint density at radius 1 is 1.35 bits per heavy atom. The van der Waals surface area contributed by atoms with Gasteiger partial charge in [-0.3, -0.25) is 14.4 Å². The zero-order valence-corrected chi connectivity index (χ0v) is 10.7. The maximum Gasteiger partial charge on any atom is 0.326 e. The summed E-state index contributed by atoms with van der Waals surface area (Å²) in [5.41, 5.74) is -0.385. The first-order valence-electron chi connectivity index (χ1n) is 5.73. The minimum Gasteiger partial charge on any atom is -0.481 e. The van der Waals surface area contributed by atoms with Gasteiger partial charge < -0.3 is 20.1 Å². The average molecular weight is 282 g/mol. The van der Waals surface area contributed by atoms with Crippen LogP contribution >= 0.6 is 0 Å². The van der Waals surface area contributed by atoms with Crippen LogP contribution in [0.1, 0.15) is 23.2 Å². The summed E-state index contributed by atoms with van der Waals surface area (Å²) >= 11 is 0. The smallest absolute Gasteiger partial charge is 0.326 e. The van der Waals surface area contributed by atoms with Crippen LogP contribution in [-0.4, -0.2) is 38.7 Å². The van der Waals surface area contributed by atoms with Gasteiger partial charge in [-0.25, -0.2) is 4.79 Å². The number of hydrogen-bond donors (Lipinski definition) is 3. The Labute approximate surface area is 113 Å². The van der Waals surface area contributed by atoms with Crippen molar-refractivity contribution in [2.45, 2.75) is 18.9 Å². The van der Waals surface area contributed by atoms with Crippen LogP contribution in [0.5, 0.6) is 0 Å². The molecule has 0 bridgehead atoms. The number of carbonyl (C=O) groups excluding carboxylic acids is 1. The molecule has 0 spiro atoms.